The summed E-state index contributed by atoms with van der Waals surface area (Å²) in [6.07, 6.45) is 5.05. The molecule has 0 atom stereocenters. The monoisotopic (exact) mass is 385 g/mol. The molecule has 2 aromatic heterocycles. The Morgan fingerprint density at radius 2 is 2.19 bits per heavy atom. The first-order valence-electron chi connectivity index (χ1n) is 8.57. The van der Waals surface area contributed by atoms with Crippen molar-refractivity contribution in [3.63, 3.8) is 0 Å². The van der Waals surface area contributed by atoms with Crippen molar-refractivity contribution in [2.75, 3.05) is 11.9 Å². The van der Waals surface area contributed by atoms with Gasteiger partial charge in [0, 0.05) is 30.1 Å². The number of rotatable bonds is 7. The van der Waals surface area contributed by atoms with Crippen molar-refractivity contribution in [3.05, 3.63) is 65.5 Å². The number of halogens is 1. The third kappa shape index (κ3) is 5.04. The lowest BCUT2D eigenvalue weighted by molar-refractivity contribution is 0.102. The van der Waals surface area contributed by atoms with Gasteiger partial charge in [-0.15, -0.1) is 0 Å². The SMILES string of the molecule is CC(C)c1ncc(Cl)c(C(=O)Nc2cccc(OCCn3cccn3)c2)n1. The Kier molecular flexibility index (Phi) is 6.03. The smallest absolute Gasteiger partial charge is 0.275 e. The summed E-state index contributed by atoms with van der Waals surface area (Å²) in [5.74, 6) is 0.926. The van der Waals surface area contributed by atoms with Gasteiger partial charge in [0.25, 0.3) is 5.91 Å². The van der Waals surface area contributed by atoms with Crippen molar-refractivity contribution >= 4 is 23.2 Å². The summed E-state index contributed by atoms with van der Waals surface area (Å²) in [6.45, 7) is 5.01. The summed E-state index contributed by atoms with van der Waals surface area (Å²) in [5.41, 5.74) is 0.748. The minimum atomic E-state index is -0.391. The number of anilines is 1. The topological polar surface area (TPSA) is 81.9 Å². The van der Waals surface area contributed by atoms with E-state index in [9.17, 15) is 4.79 Å². The summed E-state index contributed by atoms with van der Waals surface area (Å²) < 4.78 is 7.50. The minimum Gasteiger partial charge on any atom is -0.492 e. The lowest BCUT2D eigenvalue weighted by Crippen LogP contribution is -2.16. The van der Waals surface area contributed by atoms with E-state index in [4.69, 9.17) is 16.3 Å². The molecule has 1 amide bonds. The van der Waals surface area contributed by atoms with Crippen LogP contribution in [-0.2, 0) is 6.54 Å². The van der Waals surface area contributed by atoms with E-state index in [2.05, 4.69) is 20.4 Å². The third-order valence-corrected chi connectivity index (χ3v) is 4.01. The van der Waals surface area contributed by atoms with Crippen LogP contribution in [0, 0.1) is 0 Å². The molecule has 2 heterocycles. The van der Waals surface area contributed by atoms with Gasteiger partial charge < -0.3 is 10.1 Å². The molecule has 3 rings (SSSR count). The Labute approximate surface area is 162 Å². The lowest BCUT2D eigenvalue weighted by atomic mass is 10.2. The number of hydrogen-bond acceptors (Lipinski definition) is 5. The van der Waals surface area contributed by atoms with Crippen LogP contribution in [0.1, 0.15) is 36.1 Å². The Balaban J connectivity index is 1.65. The number of carbonyl (C=O) groups excluding carboxylic acids is 1. The zero-order chi connectivity index (χ0) is 19.2. The second-order valence-corrected chi connectivity index (χ2v) is 6.59. The molecular weight excluding hydrogens is 366 g/mol. The van der Waals surface area contributed by atoms with Crippen LogP contribution in [0.4, 0.5) is 5.69 Å². The van der Waals surface area contributed by atoms with Gasteiger partial charge in [0.1, 0.15) is 18.2 Å². The second-order valence-electron chi connectivity index (χ2n) is 6.18. The van der Waals surface area contributed by atoms with Gasteiger partial charge >= 0.3 is 0 Å². The van der Waals surface area contributed by atoms with Gasteiger partial charge in [-0.3, -0.25) is 9.48 Å². The van der Waals surface area contributed by atoms with E-state index in [1.165, 1.54) is 6.20 Å². The first-order valence-corrected chi connectivity index (χ1v) is 8.95. The third-order valence-electron chi connectivity index (χ3n) is 3.73. The molecule has 0 saturated heterocycles. The lowest BCUT2D eigenvalue weighted by Gasteiger charge is -2.11. The molecule has 7 nitrogen and oxygen atoms in total. The van der Waals surface area contributed by atoms with Gasteiger partial charge in [0.05, 0.1) is 17.8 Å². The summed E-state index contributed by atoms with van der Waals surface area (Å²) in [5, 5.41) is 7.13. The molecule has 1 N–H and O–H groups in total. The van der Waals surface area contributed by atoms with E-state index in [1.807, 2.05) is 32.2 Å². The largest absolute Gasteiger partial charge is 0.492 e. The van der Waals surface area contributed by atoms with Crippen LogP contribution in [0.2, 0.25) is 5.02 Å². The molecule has 0 aliphatic heterocycles. The molecule has 1 aromatic carbocycles. The fourth-order valence-corrected chi connectivity index (χ4v) is 2.54. The Morgan fingerprint density at radius 3 is 2.93 bits per heavy atom. The highest BCUT2D eigenvalue weighted by atomic mass is 35.5. The number of nitrogens with one attached hydrogen (secondary N) is 1. The molecule has 0 saturated carbocycles. The van der Waals surface area contributed by atoms with Crippen LogP contribution in [0.5, 0.6) is 5.75 Å². The van der Waals surface area contributed by atoms with Gasteiger partial charge in [-0.25, -0.2) is 9.97 Å². The van der Waals surface area contributed by atoms with Crippen LogP contribution < -0.4 is 10.1 Å². The van der Waals surface area contributed by atoms with Crippen LogP contribution in [0.3, 0.4) is 0 Å². The number of hydrogen-bond donors (Lipinski definition) is 1. The van der Waals surface area contributed by atoms with E-state index in [1.54, 1.807) is 29.1 Å². The molecule has 27 heavy (non-hydrogen) atoms. The summed E-state index contributed by atoms with van der Waals surface area (Å²) >= 11 is 6.09. The Bertz CT molecular complexity index is 912. The summed E-state index contributed by atoms with van der Waals surface area (Å²) in [6, 6.07) is 9.02. The Morgan fingerprint density at radius 1 is 1.33 bits per heavy atom. The predicted octanol–water partition coefficient (Wildman–Crippen LogP) is 3.78. The molecular formula is C19H20ClN5O2. The molecule has 0 unspecified atom stereocenters. The highest BCUT2D eigenvalue weighted by Gasteiger charge is 2.16. The average Bonchev–Trinajstić information content (AvgIpc) is 3.15. The molecule has 8 heteroatoms. The number of aromatic nitrogens is 4. The number of carbonyl (C=O) groups is 1. The van der Waals surface area contributed by atoms with Crippen molar-refractivity contribution in [2.24, 2.45) is 0 Å². The van der Waals surface area contributed by atoms with E-state index in [-0.39, 0.29) is 16.6 Å². The van der Waals surface area contributed by atoms with Gasteiger partial charge in [0.2, 0.25) is 0 Å². The number of benzene rings is 1. The average molecular weight is 386 g/mol. The number of amides is 1. The quantitative estimate of drug-likeness (QED) is 0.669. The standard InChI is InChI=1S/C19H20ClN5O2/c1-13(2)18-21-12-16(20)17(24-18)19(26)23-14-5-3-6-15(11-14)27-10-9-25-8-4-7-22-25/h3-8,11-13H,9-10H2,1-2H3,(H,23,26). The van der Waals surface area contributed by atoms with Crippen LogP contribution in [0.25, 0.3) is 0 Å². The van der Waals surface area contributed by atoms with Gasteiger partial charge in [-0.2, -0.15) is 5.10 Å². The van der Waals surface area contributed by atoms with E-state index < -0.39 is 5.91 Å². The highest BCUT2D eigenvalue weighted by molar-refractivity contribution is 6.33. The first kappa shape index (κ1) is 18.8. The fraction of sp³-hybridized carbons (Fsp3) is 0.263. The summed E-state index contributed by atoms with van der Waals surface area (Å²) in [7, 11) is 0. The zero-order valence-corrected chi connectivity index (χ0v) is 15.8. The van der Waals surface area contributed by atoms with Crippen molar-refractivity contribution in [1.29, 1.82) is 0 Å². The first-order chi connectivity index (χ1) is 13.0. The molecule has 140 valence electrons. The van der Waals surface area contributed by atoms with Crippen molar-refractivity contribution < 1.29 is 9.53 Å². The van der Waals surface area contributed by atoms with E-state index >= 15 is 0 Å². The van der Waals surface area contributed by atoms with E-state index in [0.29, 0.717) is 30.4 Å². The Hall–Kier alpha value is -2.93. The highest BCUT2D eigenvalue weighted by Crippen LogP contribution is 2.21. The summed E-state index contributed by atoms with van der Waals surface area (Å²) in [4.78, 5) is 21.0. The van der Waals surface area contributed by atoms with Gasteiger partial charge in [0.15, 0.2) is 5.69 Å². The predicted molar refractivity (Wildman–Crippen MR) is 103 cm³/mol. The fourth-order valence-electron chi connectivity index (χ4n) is 2.36. The zero-order valence-electron chi connectivity index (χ0n) is 15.1. The molecule has 0 aliphatic rings. The number of ether oxygens (including phenoxy) is 1. The molecule has 0 radical (unpaired) electrons. The molecule has 0 spiro atoms. The van der Waals surface area contributed by atoms with Crippen molar-refractivity contribution in [1.82, 2.24) is 19.7 Å². The minimum absolute atomic E-state index is 0.0975. The number of nitrogens with zero attached hydrogens (tertiary/aromatic N) is 4. The van der Waals surface area contributed by atoms with Crippen molar-refractivity contribution in [3.8, 4) is 5.75 Å². The van der Waals surface area contributed by atoms with Gasteiger partial charge in [-0.1, -0.05) is 31.5 Å². The van der Waals surface area contributed by atoms with E-state index in [0.717, 1.165) is 0 Å². The normalized spacial score (nSPS) is 10.8. The second kappa shape index (κ2) is 8.64. The maximum atomic E-state index is 12.6. The van der Waals surface area contributed by atoms with Crippen LogP contribution >= 0.6 is 11.6 Å². The maximum Gasteiger partial charge on any atom is 0.275 e. The molecule has 0 aliphatic carbocycles. The maximum absolute atomic E-state index is 12.6. The molecule has 0 fully saturated rings. The van der Waals surface area contributed by atoms with Crippen LogP contribution in [0.15, 0.2) is 48.9 Å². The molecule has 0 bridgehead atoms. The molecule has 3 aromatic rings. The van der Waals surface area contributed by atoms with Crippen molar-refractivity contribution in [2.45, 2.75) is 26.3 Å². The van der Waals surface area contributed by atoms with Crippen LogP contribution in [-0.4, -0.2) is 32.3 Å². The van der Waals surface area contributed by atoms with Gasteiger partial charge in [-0.05, 0) is 18.2 Å².